The Morgan fingerprint density at radius 2 is 2.04 bits per heavy atom. The second-order valence-corrected chi connectivity index (χ2v) is 7.11. The molecule has 2 amide bonds. The van der Waals surface area contributed by atoms with Crippen molar-refractivity contribution >= 4 is 23.5 Å². The van der Waals surface area contributed by atoms with Crippen LogP contribution in [0.5, 0.6) is 0 Å². The molecule has 0 bridgehead atoms. The van der Waals surface area contributed by atoms with Gasteiger partial charge >= 0.3 is 6.03 Å². The molecule has 1 heterocycles. The summed E-state index contributed by atoms with van der Waals surface area (Å²) in [5.41, 5.74) is 1.75. The summed E-state index contributed by atoms with van der Waals surface area (Å²) in [7, 11) is 5.99. The number of carbonyl (C=O) groups excluding carboxylic acids is 1. The van der Waals surface area contributed by atoms with E-state index in [4.69, 9.17) is 0 Å². The molecular weight excluding hydrogens is 322 g/mol. The molecule has 7 heteroatoms. The van der Waals surface area contributed by atoms with Gasteiger partial charge in [-0.05, 0) is 45.3 Å². The van der Waals surface area contributed by atoms with Crippen LogP contribution >= 0.6 is 11.8 Å². The Hall–Kier alpha value is -1.99. The second-order valence-electron chi connectivity index (χ2n) is 5.94. The Balaban J connectivity index is 1.81. The van der Waals surface area contributed by atoms with Crippen LogP contribution in [0.25, 0.3) is 0 Å². The molecule has 0 saturated heterocycles. The molecule has 2 rings (SSSR count). The Morgan fingerprint density at radius 1 is 1.33 bits per heavy atom. The lowest BCUT2D eigenvalue weighted by Crippen LogP contribution is -2.30. The van der Waals surface area contributed by atoms with E-state index in [0.29, 0.717) is 0 Å². The van der Waals surface area contributed by atoms with Crippen LogP contribution in [0.4, 0.5) is 10.5 Å². The molecule has 0 aliphatic carbocycles. The molecule has 2 aromatic rings. The van der Waals surface area contributed by atoms with Crippen LogP contribution < -0.4 is 10.6 Å². The van der Waals surface area contributed by atoms with Gasteiger partial charge < -0.3 is 15.5 Å². The number of anilines is 1. The van der Waals surface area contributed by atoms with Gasteiger partial charge in [0.15, 0.2) is 0 Å². The highest BCUT2D eigenvalue weighted by Crippen LogP contribution is 2.20. The number of nitrogens with zero attached hydrogens (tertiary/aromatic N) is 3. The molecule has 1 aromatic carbocycles. The van der Waals surface area contributed by atoms with Crippen LogP contribution in [0.2, 0.25) is 0 Å². The van der Waals surface area contributed by atoms with Crippen molar-refractivity contribution in [3.05, 3.63) is 42.2 Å². The molecular formula is C17H25N5OS. The molecule has 0 radical (unpaired) electrons. The SMILES string of the molecule is CC(NC(=O)Nc1ccc(SCCN(C)C)cc1)c1cnn(C)c1. The van der Waals surface area contributed by atoms with Crippen LogP contribution in [-0.4, -0.2) is 47.1 Å². The number of aromatic nitrogens is 2. The van der Waals surface area contributed by atoms with Crippen molar-refractivity contribution < 1.29 is 4.79 Å². The van der Waals surface area contributed by atoms with Crippen LogP contribution in [0, 0.1) is 0 Å². The molecule has 0 aliphatic heterocycles. The monoisotopic (exact) mass is 347 g/mol. The van der Waals surface area contributed by atoms with Crippen LogP contribution in [0.15, 0.2) is 41.6 Å². The van der Waals surface area contributed by atoms with Crippen LogP contribution in [0.1, 0.15) is 18.5 Å². The number of thioether (sulfide) groups is 1. The number of urea groups is 1. The third-order valence-electron chi connectivity index (χ3n) is 3.49. The topological polar surface area (TPSA) is 62.2 Å². The van der Waals surface area contributed by atoms with Crippen molar-refractivity contribution in [2.45, 2.75) is 17.9 Å². The van der Waals surface area contributed by atoms with Gasteiger partial charge in [0.05, 0.1) is 12.2 Å². The molecule has 1 aromatic heterocycles. The van der Waals surface area contributed by atoms with E-state index in [9.17, 15) is 4.79 Å². The summed E-state index contributed by atoms with van der Waals surface area (Å²) < 4.78 is 1.72. The fourth-order valence-electron chi connectivity index (χ4n) is 2.09. The fraction of sp³-hybridized carbons (Fsp3) is 0.412. The van der Waals surface area contributed by atoms with Gasteiger partial charge in [-0.3, -0.25) is 4.68 Å². The van der Waals surface area contributed by atoms with Crippen LogP contribution in [-0.2, 0) is 7.05 Å². The minimum atomic E-state index is -0.223. The van der Waals surface area contributed by atoms with Gasteiger partial charge in [-0.25, -0.2) is 4.79 Å². The highest BCUT2D eigenvalue weighted by Gasteiger charge is 2.11. The summed E-state index contributed by atoms with van der Waals surface area (Å²) in [5.74, 6) is 1.04. The van der Waals surface area contributed by atoms with Crippen LogP contribution in [0.3, 0.4) is 0 Å². The number of hydrogen-bond donors (Lipinski definition) is 2. The molecule has 6 nitrogen and oxygen atoms in total. The van der Waals surface area contributed by atoms with Crippen molar-refractivity contribution in [3.63, 3.8) is 0 Å². The van der Waals surface area contributed by atoms with Crippen molar-refractivity contribution in [3.8, 4) is 0 Å². The average molecular weight is 347 g/mol. The van der Waals surface area contributed by atoms with Gasteiger partial charge in [-0.1, -0.05) is 0 Å². The Morgan fingerprint density at radius 3 is 2.62 bits per heavy atom. The summed E-state index contributed by atoms with van der Waals surface area (Å²) in [5, 5.41) is 9.87. The molecule has 24 heavy (non-hydrogen) atoms. The first kappa shape index (κ1) is 18.4. The molecule has 0 fully saturated rings. The van der Waals surface area contributed by atoms with Crippen molar-refractivity contribution in [1.29, 1.82) is 0 Å². The largest absolute Gasteiger partial charge is 0.331 e. The molecule has 0 aliphatic rings. The first-order valence-electron chi connectivity index (χ1n) is 7.87. The number of aryl methyl sites for hydroxylation is 1. The van der Waals surface area contributed by atoms with E-state index >= 15 is 0 Å². The van der Waals surface area contributed by atoms with Gasteiger partial charge in [0, 0.05) is 41.7 Å². The number of hydrogen-bond acceptors (Lipinski definition) is 4. The van der Waals surface area contributed by atoms with E-state index in [-0.39, 0.29) is 12.1 Å². The lowest BCUT2D eigenvalue weighted by Gasteiger charge is -2.13. The van der Waals surface area contributed by atoms with Gasteiger partial charge in [0.25, 0.3) is 0 Å². The Bertz CT molecular complexity index is 653. The standard InChI is InChI=1S/C17H25N5OS/c1-13(14-11-18-22(4)12-14)19-17(23)20-15-5-7-16(8-6-15)24-10-9-21(2)3/h5-8,11-13H,9-10H2,1-4H3,(H2,19,20,23). The smallest absolute Gasteiger partial charge is 0.319 e. The second kappa shape index (κ2) is 8.75. The highest BCUT2D eigenvalue weighted by atomic mass is 32.2. The van der Waals surface area contributed by atoms with E-state index in [1.54, 1.807) is 10.9 Å². The minimum absolute atomic E-state index is 0.0976. The van der Waals surface area contributed by atoms with E-state index in [2.05, 4.69) is 34.7 Å². The molecule has 2 N–H and O–H groups in total. The first-order chi connectivity index (χ1) is 11.4. The van der Waals surface area contributed by atoms with Crippen molar-refractivity contribution in [1.82, 2.24) is 20.0 Å². The maximum absolute atomic E-state index is 12.1. The lowest BCUT2D eigenvalue weighted by atomic mass is 10.2. The summed E-state index contributed by atoms with van der Waals surface area (Å²) in [6, 6.07) is 7.58. The lowest BCUT2D eigenvalue weighted by molar-refractivity contribution is 0.249. The molecule has 0 spiro atoms. The molecule has 0 saturated carbocycles. The fourth-order valence-corrected chi connectivity index (χ4v) is 3.11. The number of rotatable bonds is 7. The maximum Gasteiger partial charge on any atom is 0.319 e. The molecule has 1 atom stereocenters. The zero-order valence-electron chi connectivity index (χ0n) is 14.6. The third kappa shape index (κ3) is 5.90. The third-order valence-corrected chi connectivity index (χ3v) is 4.48. The summed E-state index contributed by atoms with van der Waals surface area (Å²) in [4.78, 5) is 15.4. The number of carbonyl (C=O) groups is 1. The Kier molecular flexibility index (Phi) is 6.69. The van der Waals surface area contributed by atoms with E-state index in [0.717, 1.165) is 23.5 Å². The van der Waals surface area contributed by atoms with Gasteiger partial charge in [-0.15, -0.1) is 11.8 Å². The minimum Gasteiger partial charge on any atom is -0.331 e. The maximum atomic E-state index is 12.1. The van der Waals surface area contributed by atoms with Crippen molar-refractivity contribution in [2.75, 3.05) is 31.7 Å². The summed E-state index contributed by atoms with van der Waals surface area (Å²) in [6.45, 7) is 2.97. The Labute approximate surface area is 147 Å². The normalized spacial score (nSPS) is 12.2. The highest BCUT2D eigenvalue weighted by molar-refractivity contribution is 7.99. The van der Waals surface area contributed by atoms with Gasteiger partial charge in [0.2, 0.25) is 0 Å². The number of amides is 2. The molecule has 1 unspecified atom stereocenters. The predicted molar refractivity (Wildman–Crippen MR) is 99.5 cm³/mol. The molecule has 130 valence electrons. The number of nitrogens with one attached hydrogen (secondary N) is 2. The van der Waals surface area contributed by atoms with Crippen molar-refractivity contribution in [2.24, 2.45) is 7.05 Å². The predicted octanol–water partition coefficient (Wildman–Crippen LogP) is 2.96. The van der Waals surface area contributed by atoms with E-state index in [1.807, 2.05) is 56.2 Å². The van der Waals surface area contributed by atoms with E-state index < -0.39 is 0 Å². The zero-order valence-corrected chi connectivity index (χ0v) is 15.4. The zero-order chi connectivity index (χ0) is 17.5. The van der Waals surface area contributed by atoms with Gasteiger partial charge in [0.1, 0.15) is 0 Å². The van der Waals surface area contributed by atoms with Gasteiger partial charge in [-0.2, -0.15) is 5.10 Å². The quantitative estimate of drug-likeness (QED) is 0.756. The summed E-state index contributed by atoms with van der Waals surface area (Å²) >= 11 is 1.81. The summed E-state index contributed by atoms with van der Waals surface area (Å²) in [6.07, 6.45) is 3.65. The average Bonchev–Trinajstić information content (AvgIpc) is 2.95. The number of benzene rings is 1. The van der Waals surface area contributed by atoms with E-state index in [1.165, 1.54) is 4.90 Å². The first-order valence-corrected chi connectivity index (χ1v) is 8.86.